The summed E-state index contributed by atoms with van der Waals surface area (Å²) in [4.78, 5) is 9.91. The van der Waals surface area contributed by atoms with Crippen LogP contribution in [-0.2, 0) is 11.2 Å². The minimum Gasteiger partial charge on any atom is -0.379 e. The molecule has 0 aromatic heterocycles. The van der Waals surface area contributed by atoms with Crippen LogP contribution in [0.2, 0.25) is 0 Å². The van der Waals surface area contributed by atoms with E-state index in [0.29, 0.717) is 12.0 Å². The Balaban J connectivity index is 1.38. The van der Waals surface area contributed by atoms with Crippen molar-refractivity contribution in [3.05, 3.63) is 35.9 Å². The lowest BCUT2D eigenvalue weighted by atomic mass is 10.1. The van der Waals surface area contributed by atoms with E-state index in [4.69, 9.17) is 9.73 Å². The standard InChI is InChI=1S/C23H39N5O/c1-3-24-23(25-17-20(2)28-13-15-29-16-14-28)26-18-22-10-12-27(19-22)11-9-21-7-5-4-6-8-21/h4-8,20,22H,3,9-19H2,1-2H3,(H2,24,25,26). The van der Waals surface area contributed by atoms with Crippen molar-refractivity contribution in [3.63, 3.8) is 0 Å². The number of benzene rings is 1. The Bertz CT molecular complexity index is 603. The molecule has 2 unspecified atom stereocenters. The molecule has 0 spiro atoms. The van der Waals surface area contributed by atoms with Crippen LogP contribution in [0.15, 0.2) is 35.3 Å². The molecular weight excluding hydrogens is 362 g/mol. The summed E-state index contributed by atoms with van der Waals surface area (Å²) in [6, 6.07) is 11.3. The quantitative estimate of drug-likeness (QED) is 0.488. The Kier molecular flexibility index (Phi) is 9.25. The van der Waals surface area contributed by atoms with Crippen molar-refractivity contribution in [2.45, 2.75) is 32.7 Å². The first-order chi connectivity index (χ1) is 14.2. The number of ether oxygens (including phenoxy) is 1. The van der Waals surface area contributed by atoms with E-state index < -0.39 is 0 Å². The van der Waals surface area contributed by atoms with Gasteiger partial charge in [-0.15, -0.1) is 0 Å². The van der Waals surface area contributed by atoms with Crippen molar-refractivity contribution in [2.24, 2.45) is 10.9 Å². The summed E-state index contributed by atoms with van der Waals surface area (Å²) in [5.41, 5.74) is 1.44. The summed E-state index contributed by atoms with van der Waals surface area (Å²) in [5.74, 6) is 1.65. The number of hydrogen-bond acceptors (Lipinski definition) is 4. The van der Waals surface area contributed by atoms with Crippen molar-refractivity contribution in [2.75, 3.05) is 65.6 Å². The molecule has 2 fully saturated rings. The van der Waals surface area contributed by atoms with Gasteiger partial charge in [0.05, 0.1) is 19.8 Å². The van der Waals surface area contributed by atoms with Crippen LogP contribution in [0.25, 0.3) is 0 Å². The van der Waals surface area contributed by atoms with E-state index >= 15 is 0 Å². The van der Waals surface area contributed by atoms with Crippen molar-refractivity contribution in [1.29, 1.82) is 0 Å². The topological polar surface area (TPSA) is 52.1 Å². The molecule has 162 valence electrons. The molecule has 0 bridgehead atoms. The molecule has 2 saturated heterocycles. The zero-order valence-corrected chi connectivity index (χ0v) is 18.3. The van der Waals surface area contributed by atoms with Crippen molar-refractivity contribution in [1.82, 2.24) is 20.4 Å². The highest BCUT2D eigenvalue weighted by molar-refractivity contribution is 5.79. The van der Waals surface area contributed by atoms with E-state index in [2.05, 4.69) is 64.6 Å². The third kappa shape index (κ3) is 7.61. The molecule has 1 aromatic carbocycles. The summed E-state index contributed by atoms with van der Waals surface area (Å²) in [6.45, 7) is 14.4. The average molecular weight is 402 g/mol. The van der Waals surface area contributed by atoms with Crippen LogP contribution in [0.3, 0.4) is 0 Å². The smallest absolute Gasteiger partial charge is 0.191 e. The fourth-order valence-corrected chi connectivity index (χ4v) is 4.15. The highest BCUT2D eigenvalue weighted by Crippen LogP contribution is 2.16. The highest BCUT2D eigenvalue weighted by atomic mass is 16.5. The van der Waals surface area contributed by atoms with Gasteiger partial charge in [0, 0.05) is 45.3 Å². The number of likely N-dealkylation sites (tertiary alicyclic amines) is 1. The Hall–Kier alpha value is -1.63. The van der Waals surface area contributed by atoms with Gasteiger partial charge in [-0.05, 0) is 44.7 Å². The van der Waals surface area contributed by atoms with Gasteiger partial charge in [-0.1, -0.05) is 30.3 Å². The summed E-state index contributed by atoms with van der Waals surface area (Å²) < 4.78 is 5.45. The third-order valence-corrected chi connectivity index (χ3v) is 6.01. The number of nitrogens with one attached hydrogen (secondary N) is 2. The fourth-order valence-electron chi connectivity index (χ4n) is 4.15. The fraction of sp³-hybridized carbons (Fsp3) is 0.696. The minimum atomic E-state index is 0.453. The minimum absolute atomic E-state index is 0.453. The zero-order chi connectivity index (χ0) is 20.3. The maximum Gasteiger partial charge on any atom is 0.191 e. The molecule has 0 amide bonds. The Labute approximate surface area is 176 Å². The van der Waals surface area contributed by atoms with Crippen LogP contribution in [0.1, 0.15) is 25.8 Å². The monoisotopic (exact) mass is 401 g/mol. The molecule has 2 aliphatic rings. The number of rotatable bonds is 9. The van der Waals surface area contributed by atoms with Crippen molar-refractivity contribution in [3.8, 4) is 0 Å². The predicted octanol–water partition coefficient (Wildman–Crippen LogP) is 1.83. The third-order valence-electron chi connectivity index (χ3n) is 6.01. The second-order valence-electron chi connectivity index (χ2n) is 8.29. The van der Waals surface area contributed by atoms with Gasteiger partial charge >= 0.3 is 0 Å². The maximum atomic E-state index is 5.45. The van der Waals surface area contributed by atoms with Gasteiger partial charge < -0.3 is 20.3 Å². The molecule has 2 atom stereocenters. The molecule has 2 heterocycles. The lowest BCUT2D eigenvalue weighted by Gasteiger charge is -2.31. The maximum absolute atomic E-state index is 5.45. The molecule has 0 radical (unpaired) electrons. The molecule has 2 N–H and O–H groups in total. The van der Waals surface area contributed by atoms with Gasteiger partial charge in [-0.2, -0.15) is 0 Å². The second-order valence-corrected chi connectivity index (χ2v) is 8.29. The van der Waals surface area contributed by atoms with Crippen molar-refractivity contribution >= 4 is 5.96 Å². The molecular formula is C23H39N5O. The predicted molar refractivity (Wildman–Crippen MR) is 121 cm³/mol. The number of nitrogens with zero attached hydrogens (tertiary/aromatic N) is 3. The van der Waals surface area contributed by atoms with Crippen LogP contribution in [0.4, 0.5) is 0 Å². The first-order valence-electron chi connectivity index (χ1n) is 11.3. The molecule has 2 aliphatic heterocycles. The SMILES string of the molecule is CCNC(=NCC(C)N1CCOCC1)NCC1CCN(CCc2ccccc2)C1. The van der Waals surface area contributed by atoms with E-state index in [1.165, 1.54) is 25.1 Å². The molecule has 0 aliphatic carbocycles. The van der Waals surface area contributed by atoms with Crippen molar-refractivity contribution < 1.29 is 4.74 Å². The molecule has 0 saturated carbocycles. The highest BCUT2D eigenvalue weighted by Gasteiger charge is 2.22. The van der Waals surface area contributed by atoms with Crippen LogP contribution in [-0.4, -0.2) is 87.4 Å². The summed E-state index contributed by atoms with van der Waals surface area (Å²) in [7, 11) is 0. The van der Waals surface area contributed by atoms with Crippen LogP contribution in [0, 0.1) is 5.92 Å². The Morgan fingerprint density at radius 2 is 1.97 bits per heavy atom. The molecule has 29 heavy (non-hydrogen) atoms. The van der Waals surface area contributed by atoms with Gasteiger partial charge in [-0.25, -0.2) is 0 Å². The van der Waals surface area contributed by atoms with E-state index in [1.54, 1.807) is 0 Å². The van der Waals surface area contributed by atoms with Gasteiger partial charge in [0.1, 0.15) is 0 Å². The number of aliphatic imine (C=N–C) groups is 1. The molecule has 6 nitrogen and oxygen atoms in total. The number of hydrogen-bond donors (Lipinski definition) is 2. The number of guanidine groups is 1. The second kappa shape index (κ2) is 12.2. The zero-order valence-electron chi connectivity index (χ0n) is 18.3. The van der Waals surface area contributed by atoms with E-state index in [0.717, 1.165) is 64.9 Å². The lowest BCUT2D eigenvalue weighted by molar-refractivity contribution is 0.0220. The van der Waals surface area contributed by atoms with Crippen LogP contribution < -0.4 is 10.6 Å². The Morgan fingerprint density at radius 1 is 1.17 bits per heavy atom. The number of morpholine rings is 1. The van der Waals surface area contributed by atoms with Gasteiger partial charge in [0.25, 0.3) is 0 Å². The molecule has 1 aromatic rings. The summed E-state index contributed by atoms with van der Waals surface area (Å²) in [5, 5.41) is 6.99. The van der Waals surface area contributed by atoms with Crippen LogP contribution >= 0.6 is 0 Å². The van der Waals surface area contributed by atoms with E-state index in [1.807, 2.05) is 0 Å². The van der Waals surface area contributed by atoms with E-state index in [9.17, 15) is 0 Å². The first kappa shape index (κ1) is 22.1. The van der Waals surface area contributed by atoms with Gasteiger partial charge in [-0.3, -0.25) is 9.89 Å². The summed E-state index contributed by atoms with van der Waals surface area (Å²) in [6.07, 6.45) is 2.41. The van der Waals surface area contributed by atoms with Gasteiger partial charge in [0.2, 0.25) is 0 Å². The largest absolute Gasteiger partial charge is 0.379 e. The average Bonchev–Trinajstić information content (AvgIpc) is 3.23. The molecule has 6 heteroatoms. The summed E-state index contributed by atoms with van der Waals surface area (Å²) >= 11 is 0. The normalized spacial score (nSPS) is 22.6. The molecule has 3 rings (SSSR count). The first-order valence-corrected chi connectivity index (χ1v) is 11.3. The van der Waals surface area contributed by atoms with Gasteiger partial charge in [0.15, 0.2) is 5.96 Å². The Morgan fingerprint density at radius 3 is 2.72 bits per heavy atom. The lowest BCUT2D eigenvalue weighted by Crippen LogP contribution is -2.45. The van der Waals surface area contributed by atoms with E-state index in [-0.39, 0.29) is 0 Å². The van der Waals surface area contributed by atoms with Crippen LogP contribution in [0.5, 0.6) is 0 Å².